The number of aromatic nitrogens is 2. The van der Waals surface area contributed by atoms with E-state index in [1.54, 1.807) is 28.7 Å². The Bertz CT molecular complexity index is 1030. The highest BCUT2D eigenvalue weighted by molar-refractivity contribution is 7.15. The maximum atomic E-state index is 13.1. The molecule has 0 aliphatic carbocycles. The van der Waals surface area contributed by atoms with E-state index in [0.29, 0.717) is 21.9 Å². The summed E-state index contributed by atoms with van der Waals surface area (Å²) >= 11 is 1.39. The normalized spacial score (nSPS) is 11.1. The summed E-state index contributed by atoms with van der Waals surface area (Å²) in [6.45, 7) is 0. The van der Waals surface area contributed by atoms with Crippen LogP contribution in [0.5, 0.6) is 0 Å². The van der Waals surface area contributed by atoms with Gasteiger partial charge in [0.2, 0.25) is 0 Å². The number of carbonyl (C=O) groups excluding carboxylic acids is 1. The molecule has 4 aromatic rings. The lowest BCUT2D eigenvalue weighted by atomic mass is 10.1. The Morgan fingerprint density at radius 2 is 1.50 bits per heavy atom. The van der Waals surface area contributed by atoms with Gasteiger partial charge in [0.1, 0.15) is 23.0 Å². The lowest BCUT2D eigenvalue weighted by Gasteiger charge is -2.03. The van der Waals surface area contributed by atoms with E-state index in [4.69, 9.17) is 0 Å². The van der Waals surface area contributed by atoms with Crippen LogP contribution in [-0.2, 0) is 0 Å². The molecular weight excluding hydrogens is 330 g/mol. The molecule has 0 bridgehead atoms. The fourth-order valence-corrected chi connectivity index (χ4v) is 3.54. The second-order valence-corrected chi connectivity index (χ2v) is 6.05. The van der Waals surface area contributed by atoms with E-state index >= 15 is 0 Å². The summed E-state index contributed by atoms with van der Waals surface area (Å²) in [6.07, 6.45) is 0.735. The highest BCUT2D eigenvalue weighted by atomic mass is 32.1. The number of fused-ring (bicyclic) bond motifs is 1. The minimum Gasteiger partial charge on any atom is -0.296 e. The van der Waals surface area contributed by atoms with Crippen molar-refractivity contribution in [3.63, 3.8) is 0 Å². The van der Waals surface area contributed by atoms with Crippen LogP contribution in [0.2, 0.25) is 0 Å². The first kappa shape index (κ1) is 14.7. The lowest BCUT2D eigenvalue weighted by Crippen LogP contribution is -1.94. The highest BCUT2D eigenvalue weighted by Gasteiger charge is 2.18. The summed E-state index contributed by atoms with van der Waals surface area (Å²) in [5.41, 5.74) is 3.10. The zero-order valence-corrected chi connectivity index (χ0v) is 13.1. The Balaban J connectivity index is 1.94. The van der Waals surface area contributed by atoms with Gasteiger partial charge in [0.25, 0.3) is 0 Å². The van der Waals surface area contributed by atoms with Gasteiger partial charge in [-0.3, -0.25) is 9.20 Å². The summed E-state index contributed by atoms with van der Waals surface area (Å²) in [6, 6.07) is 11.9. The largest absolute Gasteiger partial charge is 0.296 e. The van der Waals surface area contributed by atoms with E-state index in [-0.39, 0.29) is 11.6 Å². The molecule has 3 nitrogen and oxygen atoms in total. The van der Waals surface area contributed by atoms with Crippen molar-refractivity contribution in [2.45, 2.75) is 0 Å². The van der Waals surface area contributed by atoms with E-state index in [1.807, 2.05) is 5.38 Å². The van der Waals surface area contributed by atoms with Gasteiger partial charge in [-0.25, -0.2) is 13.8 Å². The number of hydrogen-bond acceptors (Lipinski definition) is 3. The standard InChI is InChI=1S/C18H10F2N2OS/c19-13-5-1-11(2-6-13)16-10-24-18-21-17(15(9-23)22(16)18)12-3-7-14(20)8-4-12/h1-10H. The molecule has 0 radical (unpaired) electrons. The Kier molecular flexibility index (Phi) is 3.46. The van der Waals surface area contributed by atoms with Gasteiger partial charge in [-0.2, -0.15) is 0 Å². The number of imidazole rings is 1. The van der Waals surface area contributed by atoms with Gasteiger partial charge in [-0.1, -0.05) is 0 Å². The molecule has 24 heavy (non-hydrogen) atoms. The van der Waals surface area contributed by atoms with E-state index in [2.05, 4.69) is 4.98 Å². The number of halogens is 2. The molecule has 0 amide bonds. The van der Waals surface area contributed by atoms with Gasteiger partial charge in [0, 0.05) is 10.9 Å². The Morgan fingerprint density at radius 3 is 2.08 bits per heavy atom. The third-order valence-corrected chi connectivity index (χ3v) is 4.59. The fourth-order valence-electron chi connectivity index (χ4n) is 2.63. The van der Waals surface area contributed by atoms with Crippen LogP contribution in [0.3, 0.4) is 0 Å². The second-order valence-electron chi connectivity index (χ2n) is 5.22. The van der Waals surface area contributed by atoms with Crippen LogP contribution < -0.4 is 0 Å². The molecule has 0 atom stereocenters. The molecule has 0 fully saturated rings. The molecule has 4 rings (SSSR count). The minimum atomic E-state index is -0.348. The van der Waals surface area contributed by atoms with Crippen LogP contribution in [-0.4, -0.2) is 15.7 Å². The smallest absolute Gasteiger partial charge is 0.195 e. The number of carbonyl (C=O) groups is 1. The quantitative estimate of drug-likeness (QED) is 0.501. The van der Waals surface area contributed by atoms with E-state index in [0.717, 1.165) is 17.5 Å². The van der Waals surface area contributed by atoms with Gasteiger partial charge in [0.05, 0.1) is 5.69 Å². The molecule has 2 aromatic heterocycles. The van der Waals surface area contributed by atoms with Crippen molar-refractivity contribution in [2.24, 2.45) is 0 Å². The van der Waals surface area contributed by atoms with Gasteiger partial charge in [0.15, 0.2) is 11.2 Å². The van der Waals surface area contributed by atoms with Gasteiger partial charge in [-0.15, -0.1) is 11.3 Å². The summed E-state index contributed by atoms with van der Waals surface area (Å²) in [7, 11) is 0. The predicted octanol–water partition coefficient (Wildman–Crippen LogP) is 4.82. The molecule has 118 valence electrons. The average molecular weight is 340 g/mol. The van der Waals surface area contributed by atoms with Crippen molar-refractivity contribution in [1.82, 2.24) is 9.38 Å². The molecule has 6 heteroatoms. The maximum Gasteiger partial charge on any atom is 0.195 e. The predicted molar refractivity (Wildman–Crippen MR) is 89.2 cm³/mol. The van der Waals surface area contributed by atoms with Gasteiger partial charge < -0.3 is 0 Å². The van der Waals surface area contributed by atoms with Crippen LogP contribution in [0.4, 0.5) is 8.78 Å². The van der Waals surface area contributed by atoms with E-state index in [9.17, 15) is 13.6 Å². The molecule has 0 spiro atoms. The molecule has 0 N–H and O–H groups in total. The highest BCUT2D eigenvalue weighted by Crippen LogP contribution is 2.32. The van der Waals surface area contributed by atoms with Crippen molar-refractivity contribution in [3.8, 4) is 22.5 Å². The number of aldehydes is 1. The topological polar surface area (TPSA) is 34.4 Å². The number of thiazole rings is 1. The number of nitrogens with zero attached hydrogens (tertiary/aromatic N) is 2. The van der Waals surface area contributed by atoms with Crippen molar-refractivity contribution >= 4 is 22.6 Å². The SMILES string of the molecule is O=Cc1c(-c2ccc(F)cc2)nc2scc(-c3ccc(F)cc3)n12. The Hall–Kier alpha value is -2.86. The monoisotopic (exact) mass is 340 g/mol. The first-order chi connectivity index (χ1) is 11.7. The molecule has 2 heterocycles. The summed E-state index contributed by atoms with van der Waals surface area (Å²) in [5.74, 6) is -0.669. The van der Waals surface area contributed by atoms with Crippen LogP contribution in [0.1, 0.15) is 10.5 Å². The van der Waals surface area contributed by atoms with Crippen LogP contribution >= 0.6 is 11.3 Å². The molecule has 0 unspecified atom stereocenters. The second kappa shape index (κ2) is 5.65. The minimum absolute atomic E-state index is 0.321. The molecule has 0 saturated heterocycles. The van der Waals surface area contributed by atoms with Crippen LogP contribution in [0.15, 0.2) is 53.9 Å². The summed E-state index contributed by atoms with van der Waals surface area (Å²) < 4.78 is 28.0. The number of benzene rings is 2. The third kappa shape index (κ3) is 2.32. The third-order valence-electron chi connectivity index (χ3n) is 3.77. The molecular formula is C18H10F2N2OS. The summed E-state index contributed by atoms with van der Waals surface area (Å²) in [5, 5.41) is 1.87. The molecule has 0 saturated carbocycles. The van der Waals surface area contributed by atoms with E-state index < -0.39 is 0 Å². The van der Waals surface area contributed by atoms with Gasteiger partial charge >= 0.3 is 0 Å². The first-order valence-corrected chi connectivity index (χ1v) is 8.02. The zero-order valence-electron chi connectivity index (χ0n) is 12.2. The van der Waals surface area contributed by atoms with Crippen molar-refractivity contribution in [1.29, 1.82) is 0 Å². The summed E-state index contributed by atoms with van der Waals surface area (Å²) in [4.78, 5) is 16.8. The Labute approximate surface area is 139 Å². The molecule has 0 aliphatic heterocycles. The number of hydrogen-bond donors (Lipinski definition) is 0. The van der Waals surface area contributed by atoms with Gasteiger partial charge in [-0.05, 0) is 54.1 Å². The molecule has 0 aliphatic rings. The number of rotatable bonds is 3. The van der Waals surface area contributed by atoms with E-state index in [1.165, 1.54) is 35.6 Å². The van der Waals surface area contributed by atoms with Crippen LogP contribution in [0, 0.1) is 11.6 Å². The lowest BCUT2D eigenvalue weighted by molar-refractivity contribution is 0.111. The fraction of sp³-hybridized carbons (Fsp3) is 0. The van der Waals surface area contributed by atoms with Crippen molar-refractivity contribution in [2.75, 3.05) is 0 Å². The van der Waals surface area contributed by atoms with Crippen molar-refractivity contribution in [3.05, 3.63) is 71.2 Å². The maximum absolute atomic E-state index is 13.1. The Morgan fingerprint density at radius 1 is 0.917 bits per heavy atom. The zero-order chi connectivity index (χ0) is 16.7. The molecule has 2 aromatic carbocycles. The first-order valence-electron chi connectivity index (χ1n) is 7.14. The van der Waals surface area contributed by atoms with Crippen molar-refractivity contribution < 1.29 is 13.6 Å². The average Bonchev–Trinajstić information content (AvgIpc) is 3.15. The van der Waals surface area contributed by atoms with Crippen LogP contribution in [0.25, 0.3) is 27.5 Å².